The molecule has 0 radical (unpaired) electrons. The number of phenols is 1. The maximum absolute atomic E-state index is 9.08. The molecule has 72 valence electrons. The molecular weight excluding hydrogens is 229 g/mol. The van der Waals surface area contributed by atoms with E-state index >= 15 is 0 Å². The van der Waals surface area contributed by atoms with E-state index in [9.17, 15) is 0 Å². The van der Waals surface area contributed by atoms with Gasteiger partial charge in [-0.1, -0.05) is 0 Å². The first-order chi connectivity index (χ1) is 6.09. The molecule has 0 heterocycles. The first-order valence-electron chi connectivity index (χ1n) is 4.31. The first-order valence-corrected chi connectivity index (χ1v) is 6.15. The number of hydrogen-bond acceptors (Lipinski definition) is 2. The van der Waals surface area contributed by atoms with Crippen LogP contribution in [0.2, 0.25) is 4.82 Å². The van der Waals surface area contributed by atoms with Crippen LogP contribution in [0.3, 0.4) is 0 Å². The van der Waals surface area contributed by atoms with Crippen LogP contribution >= 0.6 is 0 Å². The predicted octanol–water partition coefficient (Wildman–Crippen LogP) is 0.877. The van der Waals surface area contributed by atoms with Gasteiger partial charge in [0, 0.05) is 0 Å². The van der Waals surface area contributed by atoms with Gasteiger partial charge in [0.25, 0.3) is 0 Å². The number of phenolic OH excluding ortho intramolecular Hbond substituents is 1. The van der Waals surface area contributed by atoms with E-state index in [-0.39, 0.29) is 6.04 Å². The Morgan fingerprint density at radius 1 is 1.23 bits per heavy atom. The van der Waals surface area contributed by atoms with Crippen molar-refractivity contribution < 1.29 is 5.11 Å². The molecular formula is C10H15NOSe. The number of nitrogens with two attached hydrogens (primary N) is 1. The molecule has 0 aromatic heterocycles. The molecule has 0 saturated heterocycles. The van der Waals surface area contributed by atoms with Gasteiger partial charge >= 0.3 is 85.0 Å². The van der Waals surface area contributed by atoms with Gasteiger partial charge in [-0.15, -0.1) is 0 Å². The van der Waals surface area contributed by atoms with Gasteiger partial charge in [-0.2, -0.15) is 0 Å². The van der Waals surface area contributed by atoms with Gasteiger partial charge < -0.3 is 0 Å². The van der Waals surface area contributed by atoms with Crippen molar-refractivity contribution in [2.24, 2.45) is 5.73 Å². The molecule has 0 saturated carbocycles. The molecule has 3 heteroatoms. The van der Waals surface area contributed by atoms with Gasteiger partial charge in [0.15, 0.2) is 0 Å². The Kier molecular flexibility index (Phi) is 3.79. The number of aromatic hydroxyl groups is 1. The molecule has 1 aromatic carbocycles. The van der Waals surface area contributed by atoms with Crippen LogP contribution in [0.25, 0.3) is 0 Å². The first kappa shape index (κ1) is 10.6. The fourth-order valence-corrected chi connectivity index (χ4v) is 2.81. The van der Waals surface area contributed by atoms with E-state index < -0.39 is 0 Å². The van der Waals surface area contributed by atoms with Crippen LogP contribution in [0.15, 0.2) is 24.3 Å². The zero-order valence-electron chi connectivity index (χ0n) is 7.90. The second kappa shape index (κ2) is 4.66. The molecule has 0 aliphatic carbocycles. The van der Waals surface area contributed by atoms with E-state index in [1.165, 1.54) is 4.46 Å². The van der Waals surface area contributed by atoms with Crippen molar-refractivity contribution in [1.82, 2.24) is 0 Å². The van der Waals surface area contributed by atoms with Crippen molar-refractivity contribution in [3.8, 4) is 5.75 Å². The van der Waals surface area contributed by atoms with Crippen LogP contribution in [0.1, 0.15) is 13.8 Å². The van der Waals surface area contributed by atoms with Crippen molar-refractivity contribution in [3.63, 3.8) is 0 Å². The summed E-state index contributed by atoms with van der Waals surface area (Å²) in [5.41, 5.74) is 5.78. The normalized spacial score (nSPS) is 15.3. The second-order valence-corrected chi connectivity index (χ2v) is 6.22. The van der Waals surface area contributed by atoms with Crippen molar-refractivity contribution >= 4 is 19.4 Å². The van der Waals surface area contributed by atoms with Crippen molar-refractivity contribution in [2.45, 2.75) is 24.7 Å². The average Bonchev–Trinajstić information content (AvgIpc) is 2.08. The van der Waals surface area contributed by atoms with E-state index in [4.69, 9.17) is 10.8 Å². The summed E-state index contributed by atoms with van der Waals surface area (Å²) in [6.07, 6.45) is 0. The van der Waals surface area contributed by atoms with Gasteiger partial charge in [0.1, 0.15) is 0 Å². The Hall–Kier alpha value is -0.501. The van der Waals surface area contributed by atoms with E-state index in [0.717, 1.165) is 0 Å². The van der Waals surface area contributed by atoms with Crippen LogP contribution in [-0.4, -0.2) is 26.1 Å². The van der Waals surface area contributed by atoms with Gasteiger partial charge in [-0.05, 0) is 0 Å². The number of rotatable bonds is 3. The van der Waals surface area contributed by atoms with Gasteiger partial charge in [0.2, 0.25) is 0 Å². The van der Waals surface area contributed by atoms with Crippen LogP contribution in [0.5, 0.6) is 5.75 Å². The van der Waals surface area contributed by atoms with Crippen LogP contribution in [0.4, 0.5) is 0 Å². The molecule has 0 spiro atoms. The van der Waals surface area contributed by atoms with Crippen LogP contribution in [0, 0.1) is 0 Å². The summed E-state index contributed by atoms with van der Waals surface area (Å²) in [4.78, 5) is 0.539. The maximum atomic E-state index is 9.08. The Morgan fingerprint density at radius 3 is 2.23 bits per heavy atom. The minimum absolute atomic E-state index is 0.244. The molecule has 2 atom stereocenters. The molecule has 1 rings (SSSR count). The molecule has 1 unspecified atom stereocenters. The van der Waals surface area contributed by atoms with Crippen LogP contribution < -0.4 is 10.2 Å². The standard InChI is InChI=1S/C10H15NOSe/c1-7(11)8(2)13-10-5-3-9(12)4-6-10/h3-8,12H,11H2,1-2H3/t7?,8-/m1/s1. The third-order valence-electron chi connectivity index (χ3n) is 1.90. The third kappa shape index (κ3) is 3.39. The quantitative estimate of drug-likeness (QED) is 0.775. The minimum atomic E-state index is 0.244. The molecule has 0 fully saturated rings. The third-order valence-corrected chi connectivity index (χ3v) is 4.72. The van der Waals surface area contributed by atoms with Crippen LogP contribution in [-0.2, 0) is 0 Å². The van der Waals surface area contributed by atoms with Crippen molar-refractivity contribution in [1.29, 1.82) is 0 Å². The molecule has 0 amide bonds. The fraction of sp³-hybridized carbons (Fsp3) is 0.400. The summed E-state index contributed by atoms with van der Waals surface area (Å²) >= 11 is 0.405. The summed E-state index contributed by atoms with van der Waals surface area (Å²) in [5, 5.41) is 9.08. The molecule has 2 nitrogen and oxygen atoms in total. The van der Waals surface area contributed by atoms with E-state index in [2.05, 4.69) is 6.92 Å². The van der Waals surface area contributed by atoms with Gasteiger partial charge in [-0.3, -0.25) is 0 Å². The summed E-state index contributed by atoms with van der Waals surface area (Å²) in [6, 6.07) is 7.63. The SMILES string of the molecule is CC(N)[C@@H](C)[Se]c1ccc(O)cc1. The Balaban J connectivity index is 2.59. The Morgan fingerprint density at radius 2 is 1.77 bits per heavy atom. The zero-order valence-corrected chi connectivity index (χ0v) is 9.61. The van der Waals surface area contributed by atoms with Gasteiger partial charge in [-0.25, -0.2) is 0 Å². The Labute approximate surface area is 85.3 Å². The van der Waals surface area contributed by atoms with Crippen molar-refractivity contribution in [3.05, 3.63) is 24.3 Å². The van der Waals surface area contributed by atoms with E-state index in [0.29, 0.717) is 25.5 Å². The molecule has 0 aliphatic rings. The summed E-state index contributed by atoms with van der Waals surface area (Å²) < 4.78 is 1.29. The van der Waals surface area contributed by atoms with E-state index in [1.54, 1.807) is 12.1 Å². The zero-order chi connectivity index (χ0) is 9.84. The van der Waals surface area contributed by atoms with Crippen molar-refractivity contribution in [2.75, 3.05) is 0 Å². The number of benzene rings is 1. The molecule has 0 bridgehead atoms. The molecule has 1 aromatic rings. The summed E-state index contributed by atoms with van der Waals surface area (Å²) in [6.45, 7) is 4.20. The summed E-state index contributed by atoms with van der Waals surface area (Å²) in [7, 11) is 0. The van der Waals surface area contributed by atoms with E-state index in [1.807, 2.05) is 19.1 Å². The monoisotopic (exact) mass is 245 g/mol. The average molecular weight is 244 g/mol. The summed E-state index contributed by atoms with van der Waals surface area (Å²) in [5.74, 6) is 0.327. The Bertz CT molecular complexity index is 258. The fourth-order valence-electron chi connectivity index (χ4n) is 0.847. The number of hydrogen-bond donors (Lipinski definition) is 2. The predicted molar refractivity (Wildman–Crippen MR) is 56.6 cm³/mol. The second-order valence-electron chi connectivity index (χ2n) is 3.18. The molecule has 0 aliphatic heterocycles. The molecule has 13 heavy (non-hydrogen) atoms. The topological polar surface area (TPSA) is 46.2 Å². The molecule has 3 N–H and O–H groups in total. The van der Waals surface area contributed by atoms with Gasteiger partial charge in [0.05, 0.1) is 0 Å².